The average molecular weight is 728 g/mol. The Labute approximate surface area is 327 Å². The Hall–Kier alpha value is -7.76. The van der Waals surface area contributed by atoms with E-state index in [0.29, 0.717) is 5.82 Å². The average Bonchev–Trinajstić information content (AvgIpc) is 3.92. The van der Waals surface area contributed by atoms with Crippen molar-refractivity contribution in [3.8, 4) is 39.6 Å². The van der Waals surface area contributed by atoms with Gasteiger partial charge in [-0.1, -0.05) is 170 Å². The van der Waals surface area contributed by atoms with Crippen molar-refractivity contribution in [2.24, 2.45) is 0 Å². The third-order valence-corrected chi connectivity index (χ3v) is 11.5. The van der Waals surface area contributed by atoms with Gasteiger partial charge in [0.05, 0.1) is 38.8 Å². The van der Waals surface area contributed by atoms with E-state index in [1.54, 1.807) is 0 Å². The van der Waals surface area contributed by atoms with Gasteiger partial charge in [-0.05, 0) is 35.4 Å². The lowest BCUT2D eigenvalue weighted by Gasteiger charge is -2.16. The first-order valence-corrected chi connectivity index (χ1v) is 19.3. The van der Waals surface area contributed by atoms with E-state index in [1.165, 1.54) is 38.1 Å². The quantitative estimate of drug-likeness (QED) is 0.177. The Balaban J connectivity index is 1.21. The van der Waals surface area contributed by atoms with Crippen LogP contribution in [0.4, 0.5) is 0 Å². The van der Waals surface area contributed by atoms with Crippen molar-refractivity contribution in [3.63, 3.8) is 0 Å². The fraction of sp³-hybridized carbons (Fsp3) is 0. The molecule has 4 aromatic heterocycles. The van der Waals surface area contributed by atoms with Crippen LogP contribution in [0.5, 0.6) is 0 Å². The molecule has 0 unspecified atom stereocenters. The van der Waals surface area contributed by atoms with Crippen molar-refractivity contribution in [2.75, 3.05) is 0 Å². The summed E-state index contributed by atoms with van der Waals surface area (Å²) in [5.41, 5.74) is 11.9. The van der Waals surface area contributed by atoms with Crippen LogP contribution in [0, 0.1) is 0 Å². The van der Waals surface area contributed by atoms with E-state index in [0.717, 1.165) is 61.1 Å². The van der Waals surface area contributed by atoms with Crippen molar-refractivity contribution in [1.29, 1.82) is 0 Å². The summed E-state index contributed by atoms with van der Waals surface area (Å²) < 4.78 is 7.22. The molecule has 0 radical (unpaired) electrons. The van der Waals surface area contributed by atoms with Gasteiger partial charge in [0.15, 0.2) is 5.82 Å². The fourth-order valence-electron chi connectivity index (χ4n) is 8.92. The number of para-hydroxylation sites is 4. The van der Waals surface area contributed by atoms with Gasteiger partial charge < -0.3 is 0 Å². The molecule has 0 saturated heterocycles. The molecule has 266 valence electrons. The number of rotatable bonds is 5. The smallest absolute Gasteiger partial charge is 0.162 e. The molecule has 0 fully saturated rings. The summed E-state index contributed by atoms with van der Waals surface area (Å²) in [5, 5.41) is 7.15. The van der Waals surface area contributed by atoms with Crippen LogP contribution in [0.3, 0.4) is 0 Å². The molecule has 0 spiro atoms. The van der Waals surface area contributed by atoms with E-state index >= 15 is 0 Å². The van der Waals surface area contributed by atoms with Crippen molar-refractivity contribution < 1.29 is 0 Å². The van der Waals surface area contributed by atoms with Crippen molar-refractivity contribution >= 4 is 65.4 Å². The van der Waals surface area contributed by atoms with Gasteiger partial charge in [0, 0.05) is 49.5 Å². The predicted octanol–water partition coefficient (Wildman–Crippen LogP) is 13.1. The lowest BCUT2D eigenvalue weighted by Crippen LogP contribution is -2.10. The molecular weight excluding hydrogens is 695 g/mol. The predicted molar refractivity (Wildman–Crippen MR) is 236 cm³/mol. The molecule has 0 amide bonds. The summed E-state index contributed by atoms with van der Waals surface area (Å²) >= 11 is 0. The van der Waals surface area contributed by atoms with E-state index in [1.807, 2.05) is 18.2 Å². The second-order valence-electron chi connectivity index (χ2n) is 14.6. The molecule has 0 N–H and O–H groups in total. The first-order valence-electron chi connectivity index (χ1n) is 19.3. The molecule has 57 heavy (non-hydrogen) atoms. The molecule has 0 bridgehead atoms. The van der Waals surface area contributed by atoms with Gasteiger partial charge in [0.1, 0.15) is 5.82 Å². The Morgan fingerprint density at radius 2 is 0.737 bits per heavy atom. The second-order valence-corrected chi connectivity index (χ2v) is 14.6. The van der Waals surface area contributed by atoms with E-state index < -0.39 is 0 Å². The summed E-state index contributed by atoms with van der Waals surface area (Å²) in [6.07, 6.45) is 0. The topological polar surface area (TPSA) is 40.6 Å². The summed E-state index contributed by atoms with van der Waals surface area (Å²) in [6, 6.07) is 71.2. The molecule has 0 atom stereocenters. The second kappa shape index (κ2) is 12.4. The molecule has 12 aromatic rings. The van der Waals surface area contributed by atoms with Gasteiger partial charge in [0.2, 0.25) is 0 Å². The molecular formula is C52H33N5. The fourth-order valence-corrected chi connectivity index (χ4v) is 8.92. The first-order chi connectivity index (χ1) is 28.3. The molecule has 0 aliphatic heterocycles. The molecule has 12 rings (SSSR count). The van der Waals surface area contributed by atoms with Gasteiger partial charge >= 0.3 is 0 Å². The van der Waals surface area contributed by atoms with Gasteiger partial charge in [-0.15, -0.1) is 0 Å². The van der Waals surface area contributed by atoms with Crippen molar-refractivity contribution in [3.05, 3.63) is 200 Å². The zero-order valence-corrected chi connectivity index (χ0v) is 30.8. The van der Waals surface area contributed by atoms with Crippen LogP contribution in [0.25, 0.3) is 105 Å². The highest BCUT2D eigenvalue weighted by Crippen LogP contribution is 2.42. The van der Waals surface area contributed by atoms with Crippen LogP contribution >= 0.6 is 0 Å². The monoisotopic (exact) mass is 727 g/mol. The number of aromatic nitrogens is 5. The summed E-state index contributed by atoms with van der Waals surface area (Å²) in [4.78, 5) is 10.7. The lowest BCUT2D eigenvalue weighted by atomic mass is 10.0. The van der Waals surface area contributed by atoms with Gasteiger partial charge in [-0.2, -0.15) is 0 Å². The number of benzene rings is 8. The Morgan fingerprint density at radius 3 is 1.35 bits per heavy atom. The molecule has 5 heteroatoms. The van der Waals surface area contributed by atoms with Crippen LogP contribution in [0.15, 0.2) is 200 Å². The van der Waals surface area contributed by atoms with Crippen LogP contribution < -0.4 is 0 Å². The lowest BCUT2D eigenvalue weighted by molar-refractivity contribution is 0.775. The minimum Gasteiger partial charge on any atom is -0.291 e. The standard InChI is InChI=1S/C52H33N5/c1-3-15-34(16-4-1)35-27-29-36(30-28-35)44-33-49(54-52(53-44)37-17-5-2-6-18-37)55-45-23-11-7-21-40(45)42-31-32-43-41-22-10-14-26-48(41)57(51(43)50(42)55)56-46-24-12-8-19-38(46)39-20-9-13-25-47(39)56/h1-33H. The van der Waals surface area contributed by atoms with Gasteiger partial charge in [-0.25, -0.2) is 19.3 Å². The van der Waals surface area contributed by atoms with E-state index in [9.17, 15) is 0 Å². The highest BCUT2D eigenvalue weighted by Gasteiger charge is 2.24. The third kappa shape index (κ3) is 4.76. The molecule has 4 heterocycles. The van der Waals surface area contributed by atoms with E-state index in [4.69, 9.17) is 9.97 Å². The van der Waals surface area contributed by atoms with Crippen molar-refractivity contribution in [1.82, 2.24) is 23.9 Å². The molecule has 0 aliphatic rings. The molecule has 8 aromatic carbocycles. The zero-order chi connectivity index (χ0) is 37.5. The SMILES string of the molecule is c1ccc(-c2ccc(-c3cc(-n4c5ccccc5c5ccc6c7ccccc7n(-n7c8ccccc8c8ccccc87)c6c54)nc(-c4ccccc4)n3)cc2)cc1. The van der Waals surface area contributed by atoms with Crippen LogP contribution in [0.1, 0.15) is 0 Å². The largest absolute Gasteiger partial charge is 0.291 e. The van der Waals surface area contributed by atoms with Crippen LogP contribution in [-0.4, -0.2) is 23.9 Å². The third-order valence-electron chi connectivity index (χ3n) is 11.5. The van der Waals surface area contributed by atoms with Crippen LogP contribution in [0.2, 0.25) is 0 Å². The Morgan fingerprint density at radius 1 is 0.298 bits per heavy atom. The first kappa shape index (κ1) is 31.6. The Bertz CT molecular complexity index is 3450. The maximum atomic E-state index is 5.43. The summed E-state index contributed by atoms with van der Waals surface area (Å²) in [6.45, 7) is 0. The maximum Gasteiger partial charge on any atom is 0.162 e. The van der Waals surface area contributed by atoms with E-state index in [-0.39, 0.29) is 0 Å². The summed E-state index contributed by atoms with van der Waals surface area (Å²) in [7, 11) is 0. The van der Waals surface area contributed by atoms with E-state index in [2.05, 4.69) is 196 Å². The highest BCUT2D eigenvalue weighted by atomic mass is 15.5. The number of nitrogens with zero attached hydrogens (tertiary/aromatic N) is 5. The highest BCUT2D eigenvalue weighted by molar-refractivity contribution is 6.23. The zero-order valence-electron chi connectivity index (χ0n) is 30.8. The molecule has 5 nitrogen and oxygen atoms in total. The van der Waals surface area contributed by atoms with Crippen molar-refractivity contribution in [2.45, 2.75) is 0 Å². The summed E-state index contributed by atoms with van der Waals surface area (Å²) in [5.74, 6) is 1.49. The minimum absolute atomic E-state index is 0.677. The maximum absolute atomic E-state index is 5.43. The number of hydrogen-bond acceptors (Lipinski definition) is 2. The Kier molecular flexibility index (Phi) is 6.86. The molecule has 0 aliphatic carbocycles. The number of hydrogen-bond donors (Lipinski definition) is 0. The number of fused-ring (bicyclic) bond motifs is 10. The normalized spacial score (nSPS) is 11.9. The van der Waals surface area contributed by atoms with Gasteiger partial charge in [0.25, 0.3) is 0 Å². The minimum atomic E-state index is 0.677. The van der Waals surface area contributed by atoms with Crippen LogP contribution in [-0.2, 0) is 0 Å². The van der Waals surface area contributed by atoms with Gasteiger partial charge in [-0.3, -0.25) is 4.57 Å². The molecule has 0 saturated carbocycles.